The Labute approximate surface area is 167 Å². The maximum absolute atomic E-state index is 12.9. The van der Waals surface area contributed by atoms with Gasteiger partial charge in [0.25, 0.3) is 5.91 Å². The first-order chi connectivity index (χ1) is 14.1. The van der Waals surface area contributed by atoms with E-state index in [0.717, 1.165) is 0 Å². The van der Waals surface area contributed by atoms with Crippen LogP contribution in [0.1, 0.15) is 10.5 Å². The smallest absolute Gasteiger partial charge is 0.278 e. The van der Waals surface area contributed by atoms with Crippen LogP contribution in [0.5, 0.6) is 5.75 Å². The fourth-order valence-corrected chi connectivity index (χ4v) is 3.19. The molecule has 0 aliphatic carbocycles. The number of carbonyl (C=O) groups excluding carboxylic acids is 1. The van der Waals surface area contributed by atoms with Gasteiger partial charge in [0, 0.05) is 18.8 Å². The summed E-state index contributed by atoms with van der Waals surface area (Å²) in [6.45, 7) is 0.188. The first-order valence-electron chi connectivity index (χ1n) is 9.02. The lowest BCUT2D eigenvalue weighted by molar-refractivity contribution is 0.102. The molecule has 0 spiro atoms. The van der Waals surface area contributed by atoms with Crippen molar-refractivity contribution >= 4 is 23.1 Å². The van der Waals surface area contributed by atoms with E-state index in [1.54, 1.807) is 24.5 Å². The number of nitrogens with two attached hydrogens (primary N) is 1. The molecule has 29 heavy (non-hydrogen) atoms. The molecule has 0 radical (unpaired) electrons. The summed E-state index contributed by atoms with van der Waals surface area (Å²) in [5, 5.41) is 12.7. The summed E-state index contributed by atoms with van der Waals surface area (Å²) in [6.07, 6.45) is 4.14. The number of ether oxygens (including phenoxy) is 1. The number of benzene rings is 1. The van der Waals surface area contributed by atoms with Gasteiger partial charge < -0.3 is 25.8 Å². The van der Waals surface area contributed by atoms with Gasteiger partial charge in [-0.25, -0.2) is 9.97 Å². The van der Waals surface area contributed by atoms with Crippen LogP contribution in [-0.4, -0.2) is 52.3 Å². The number of aliphatic hydroxyl groups is 1. The molecule has 4 N–H and O–H groups in total. The summed E-state index contributed by atoms with van der Waals surface area (Å²) in [5.74, 6) is 0.0574. The number of fused-ring (bicyclic) bond motifs is 5. The summed E-state index contributed by atoms with van der Waals surface area (Å²) >= 11 is 0. The van der Waals surface area contributed by atoms with Crippen molar-refractivity contribution in [1.82, 2.24) is 15.0 Å². The van der Waals surface area contributed by atoms with Crippen molar-refractivity contribution in [2.45, 2.75) is 6.10 Å². The van der Waals surface area contributed by atoms with Crippen LogP contribution >= 0.6 is 0 Å². The van der Waals surface area contributed by atoms with Crippen molar-refractivity contribution in [3.8, 4) is 17.0 Å². The molecule has 1 amide bonds. The molecule has 1 aliphatic heterocycles. The summed E-state index contributed by atoms with van der Waals surface area (Å²) in [5.41, 5.74) is 8.22. The average Bonchev–Trinajstić information content (AvgIpc) is 2.74. The van der Waals surface area contributed by atoms with Crippen molar-refractivity contribution in [2.75, 3.05) is 36.1 Å². The van der Waals surface area contributed by atoms with E-state index in [-0.39, 0.29) is 18.1 Å². The number of aliphatic hydroxyl groups excluding tert-OH is 1. The predicted octanol–water partition coefficient (Wildman–Crippen LogP) is 1.56. The molecule has 4 rings (SSSR count). The molecule has 3 aromatic rings. The number of nitrogens with one attached hydrogen (secondary N) is 1. The molecule has 1 atom stereocenters. The normalized spacial score (nSPS) is 16.3. The van der Waals surface area contributed by atoms with Crippen molar-refractivity contribution < 1.29 is 14.6 Å². The number of para-hydroxylation sites is 1. The van der Waals surface area contributed by atoms with Gasteiger partial charge in [-0.15, -0.1) is 0 Å². The second-order valence-corrected chi connectivity index (χ2v) is 6.64. The molecule has 2 bridgehead atoms. The zero-order valence-electron chi connectivity index (χ0n) is 15.7. The Morgan fingerprint density at radius 2 is 2.14 bits per heavy atom. The molecule has 2 aromatic heterocycles. The Morgan fingerprint density at radius 1 is 1.31 bits per heavy atom. The molecule has 1 aliphatic rings. The molecule has 0 saturated carbocycles. The average molecular weight is 392 g/mol. The Kier molecular flexibility index (Phi) is 4.96. The number of hydrogen-bond acceptors (Lipinski definition) is 8. The van der Waals surface area contributed by atoms with Crippen LogP contribution < -0.4 is 20.7 Å². The van der Waals surface area contributed by atoms with Crippen molar-refractivity contribution in [3.63, 3.8) is 0 Å². The standard InChI is InChI=1S/C20H20N6O3/c1-26-10-12(11-27)29-17-5-3-2-4-13(17)14-9-23-19(21)18(24-14)20(28)25-15-8-22-7-6-16(15)26/h2-9,12,27H,10-11H2,1H3,(H2,21,23)(H,25,28)/t12-/m1/s1. The monoisotopic (exact) mass is 392 g/mol. The number of nitrogens with zero attached hydrogens (tertiary/aromatic N) is 4. The quantitative estimate of drug-likeness (QED) is 0.570. The molecule has 0 saturated heterocycles. The van der Waals surface area contributed by atoms with Crippen LogP contribution in [0.2, 0.25) is 0 Å². The summed E-state index contributed by atoms with van der Waals surface area (Å²) in [4.78, 5) is 27.4. The van der Waals surface area contributed by atoms with Gasteiger partial charge >= 0.3 is 0 Å². The number of hydrogen-bond donors (Lipinski definition) is 3. The third kappa shape index (κ3) is 3.67. The molecule has 3 heterocycles. The van der Waals surface area contributed by atoms with E-state index < -0.39 is 12.0 Å². The molecular formula is C20H20N6O3. The summed E-state index contributed by atoms with van der Waals surface area (Å²) < 4.78 is 6.09. The topological polar surface area (TPSA) is 126 Å². The molecular weight excluding hydrogens is 372 g/mol. The first-order valence-corrected chi connectivity index (χ1v) is 9.02. The summed E-state index contributed by atoms with van der Waals surface area (Å²) in [6, 6.07) is 9.03. The van der Waals surface area contributed by atoms with Gasteiger partial charge in [0.05, 0.1) is 42.6 Å². The lowest BCUT2D eigenvalue weighted by Gasteiger charge is -2.27. The van der Waals surface area contributed by atoms with Gasteiger partial charge in [0.2, 0.25) is 0 Å². The fraction of sp³-hybridized carbons (Fsp3) is 0.200. The van der Waals surface area contributed by atoms with Crippen LogP contribution in [0.25, 0.3) is 11.3 Å². The van der Waals surface area contributed by atoms with E-state index in [1.165, 1.54) is 6.20 Å². The minimum absolute atomic E-state index is 0.00714. The number of carbonyl (C=O) groups is 1. The SMILES string of the molecule is CN1C[C@H](CO)Oc2ccccc2-c2cnc(N)c(n2)C(=O)Nc2cnccc21. The van der Waals surface area contributed by atoms with Gasteiger partial charge in [0.1, 0.15) is 11.9 Å². The first kappa shape index (κ1) is 18.6. The van der Waals surface area contributed by atoms with Crippen LogP contribution in [-0.2, 0) is 0 Å². The van der Waals surface area contributed by atoms with Crippen molar-refractivity contribution in [2.24, 2.45) is 0 Å². The van der Waals surface area contributed by atoms with Crippen LogP contribution in [0, 0.1) is 0 Å². The summed E-state index contributed by atoms with van der Waals surface area (Å²) in [7, 11) is 1.84. The van der Waals surface area contributed by atoms with Gasteiger partial charge in [-0.1, -0.05) is 12.1 Å². The van der Waals surface area contributed by atoms with Crippen molar-refractivity contribution in [1.29, 1.82) is 0 Å². The van der Waals surface area contributed by atoms with E-state index >= 15 is 0 Å². The molecule has 1 aromatic carbocycles. The Balaban J connectivity index is 1.89. The van der Waals surface area contributed by atoms with Crippen molar-refractivity contribution in [3.05, 3.63) is 54.6 Å². The molecule has 9 heteroatoms. The number of amides is 1. The lowest BCUT2D eigenvalue weighted by Crippen LogP contribution is -2.36. The van der Waals surface area contributed by atoms with E-state index in [4.69, 9.17) is 10.5 Å². The third-order valence-electron chi connectivity index (χ3n) is 4.61. The van der Waals surface area contributed by atoms with Crippen LogP contribution in [0.3, 0.4) is 0 Å². The lowest BCUT2D eigenvalue weighted by atomic mass is 10.1. The number of rotatable bonds is 1. The number of likely N-dealkylation sites (N-methyl/N-ethyl adjacent to an activating group) is 1. The van der Waals surface area contributed by atoms with E-state index in [2.05, 4.69) is 20.3 Å². The molecule has 148 valence electrons. The van der Waals surface area contributed by atoms with Crippen LogP contribution in [0.15, 0.2) is 48.9 Å². The number of aromatic nitrogens is 3. The van der Waals surface area contributed by atoms with E-state index in [0.29, 0.717) is 34.9 Å². The van der Waals surface area contributed by atoms with Gasteiger partial charge in [-0.2, -0.15) is 0 Å². The van der Waals surface area contributed by atoms with Gasteiger partial charge in [-0.3, -0.25) is 9.78 Å². The highest BCUT2D eigenvalue weighted by Gasteiger charge is 2.22. The van der Waals surface area contributed by atoms with Crippen LogP contribution in [0.4, 0.5) is 17.2 Å². The molecule has 0 fully saturated rings. The van der Waals surface area contributed by atoms with Gasteiger partial charge in [0.15, 0.2) is 11.5 Å². The fourth-order valence-electron chi connectivity index (χ4n) is 3.19. The Hall–Kier alpha value is -3.72. The molecule has 0 unspecified atom stereocenters. The minimum atomic E-state index is -0.514. The highest BCUT2D eigenvalue weighted by Crippen LogP contribution is 2.31. The van der Waals surface area contributed by atoms with E-state index in [9.17, 15) is 9.90 Å². The largest absolute Gasteiger partial charge is 0.485 e. The maximum atomic E-state index is 12.9. The number of anilines is 3. The number of nitrogen functional groups attached to an aromatic ring is 1. The second-order valence-electron chi connectivity index (χ2n) is 6.64. The Morgan fingerprint density at radius 3 is 2.97 bits per heavy atom. The zero-order valence-corrected chi connectivity index (χ0v) is 15.7. The second kappa shape index (κ2) is 7.72. The Bertz CT molecular complexity index is 1060. The van der Waals surface area contributed by atoms with Gasteiger partial charge in [-0.05, 0) is 18.2 Å². The highest BCUT2D eigenvalue weighted by molar-refractivity contribution is 6.07. The highest BCUT2D eigenvalue weighted by atomic mass is 16.5. The maximum Gasteiger partial charge on any atom is 0.278 e. The van der Waals surface area contributed by atoms with E-state index in [1.807, 2.05) is 30.1 Å². The predicted molar refractivity (Wildman–Crippen MR) is 109 cm³/mol. The minimum Gasteiger partial charge on any atom is -0.485 e. The zero-order chi connectivity index (χ0) is 20.4. The molecule has 9 nitrogen and oxygen atoms in total. The third-order valence-corrected chi connectivity index (χ3v) is 4.61. The number of pyridine rings is 1.